The molecule has 27 heavy (non-hydrogen) atoms. The molecule has 0 fully saturated rings. The summed E-state index contributed by atoms with van der Waals surface area (Å²) in [5, 5.41) is 2.61. The molecule has 0 radical (unpaired) electrons. The van der Waals surface area contributed by atoms with Crippen LogP contribution in [0.1, 0.15) is 18.4 Å². The van der Waals surface area contributed by atoms with Crippen molar-refractivity contribution in [3.05, 3.63) is 65.5 Å². The minimum absolute atomic E-state index is 0.0171. The Morgan fingerprint density at radius 3 is 2.44 bits per heavy atom. The molecule has 0 aliphatic carbocycles. The molecule has 2 aromatic carbocycles. The number of amides is 1. The van der Waals surface area contributed by atoms with E-state index in [4.69, 9.17) is 0 Å². The Kier molecular flexibility index (Phi) is 6.84. The van der Waals surface area contributed by atoms with Crippen LogP contribution in [0, 0.1) is 17.5 Å². The lowest BCUT2D eigenvalue weighted by atomic mass is 10.2. The summed E-state index contributed by atoms with van der Waals surface area (Å²) in [7, 11) is -3.73. The summed E-state index contributed by atoms with van der Waals surface area (Å²) in [6.07, 6.45) is 1.13. The first kappa shape index (κ1) is 20.8. The zero-order chi connectivity index (χ0) is 20.0. The quantitative estimate of drug-likeness (QED) is 0.741. The van der Waals surface area contributed by atoms with Gasteiger partial charge in [0.05, 0.1) is 11.9 Å². The summed E-state index contributed by atoms with van der Waals surface area (Å²) in [6, 6.07) is 8.58. The van der Waals surface area contributed by atoms with E-state index in [1.807, 2.05) is 0 Å². The van der Waals surface area contributed by atoms with Crippen LogP contribution in [0.15, 0.2) is 42.5 Å². The maximum Gasteiger partial charge on any atom is 0.232 e. The van der Waals surface area contributed by atoms with Gasteiger partial charge in [-0.25, -0.2) is 21.6 Å². The second kappa shape index (κ2) is 8.90. The van der Waals surface area contributed by atoms with Gasteiger partial charge < -0.3 is 5.32 Å². The molecule has 1 amide bonds. The number of anilines is 1. The first-order valence-electron chi connectivity index (χ1n) is 8.11. The second-order valence-electron chi connectivity index (χ2n) is 5.94. The van der Waals surface area contributed by atoms with Gasteiger partial charge in [0.1, 0.15) is 5.82 Å². The largest absolute Gasteiger partial charge is 0.352 e. The number of sulfonamides is 1. The van der Waals surface area contributed by atoms with Gasteiger partial charge in [-0.3, -0.25) is 9.10 Å². The monoisotopic (exact) mass is 400 g/mol. The van der Waals surface area contributed by atoms with Crippen molar-refractivity contribution in [1.29, 1.82) is 0 Å². The maximum absolute atomic E-state index is 13.4. The van der Waals surface area contributed by atoms with Gasteiger partial charge in [0.15, 0.2) is 11.6 Å². The van der Waals surface area contributed by atoms with Crippen LogP contribution in [-0.2, 0) is 21.4 Å². The lowest BCUT2D eigenvalue weighted by Crippen LogP contribution is -2.32. The van der Waals surface area contributed by atoms with Crippen molar-refractivity contribution in [2.45, 2.75) is 19.4 Å². The number of nitrogens with zero attached hydrogens (tertiary/aromatic N) is 1. The number of nitrogens with one attached hydrogen (secondary N) is 1. The van der Waals surface area contributed by atoms with Crippen LogP contribution in [0.5, 0.6) is 0 Å². The SMILES string of the molecule is CS(=O)(=O)N(CCCC(=O)NCc1cccc(F)c1)c1ccc(F)c(F)c1. The highest BCUT2D eigenvalue weighted by Gasteiger charge is 2.19. The third kappa shape index (κ3) is 6.28. The Bertz CT molecular complexity index is 920. The van der Waals surface area contributed by atoms with E-state index in [1.165, 1.54) is 18.2 Å². The van der Waals surface area contributed by atoms with Gasteiger partial charge in [-0.1, -0.05) is 12.1 Å². The van der Waals surface area contributed by atoms with Crippen LogP contribution in [0.4, 0.5) is 18.9 Å². The summed E-state index contributed by atoms with van der Waals surface area (Å²) in [6.45, 7) is 0.0762. The zero-order valence-corrected chi connectivity index (χ0v) is 15.4. The highest BCUT2D eigenvalue weighted by molar-refractivity contribution is 7.92. The Labute approximate surface area is 155 Å². The van der Waals surface area contributed by atoms with E-state index in [9.17, 15) is 26.4 Å². The predicted molar refractivity (Wildman–Crippen MR) is 96.0 cm³/mol. The van der Waals surface area contributed by atoms with Crippen molar-refractivity contribution in [1.82, 2.24) is 5.32 Å². The number of hydrogen-bond acceptors (Lipinski definition) is 3. The molecule has 5 nitrogen and oxygen atoms in total. The fourth-order valence-corrected chi connectivity index (χ4v) is 3.40. The number of halogens is 3. The molecule has 0 aliphatic heterocycles. The van der Waals surface area contributed by atoms with E-state index in [1.54, 1.807) is 6.07 Å². The van der Waals surface area contributed by atoms with Gasteiger partial charge >= 0.3 is 0 Å². The van der Waals surface area contributed by atoms with Crippen molar-refractivity contribution < 1.29 is 26.4 Å². The van der Waals surface area contributed by atoms with Gasteiger partial charge in [0.2, 0.25) is 15.9 Å². The highest BCUT2D eigenvalue weighted by atomic mass is 32.2. The summed E-state index contributed by atoms with van der Waals surface area (Å²) < 4.78 is 64.3. The first-order valence-corrected chi connectivity index (χ1v) is 9.95. The number of benzene rings is 2. The van der Waals surface area contributed by atoms with Crippen LogP contribution in [0.2, 0.25) is 0 Å². The van der Waals surface area contributed by atoms with Gasteiger partial charge in [0.25, 0.3) is 0 Å². The smallest absolute Gasteiger partial charge is 0.232 e. The molecular weight excluding hydrogens is 381 g/mol. The van der Waals surface area contributed by atoms with Gasteiger partial charge in [-0.2, -0.15) is 0 Å². The molecule has 0 aliphatic rings. The number of rotatable bonds is 8. The van der Waals surface area contributed by atoms with Crippen LogP contribution in [0.3, 0.4) is 0 Å². The molecule has 0 saturated heterocycles. The van der Waals surface area contributed by atoms with Crippen molar-refractivity contribution in [2.75, 3.05) is 17.1 Å². The minimum atomic E-state index is -3.73. The number of hydrogen-bond donors (Lipinski definition) is 1. The molecular formula is C18H19F3N2O3S. The molecule has 0 bridgehead atoms. The third-order valence-electron chi connectivity index (χ3n) is 3.74. The number of carbonyl (C=O) groups is 1. The van der Waals surface area contributed by atoms with Crippen molar-refractivity contribution in [3.63, 3.8) is 0 Å². The lowest BCUT2D eigenvalue weighted by molar-refractivity contribution is -0.121. The Balaban J connectivity index is 1.91. The highest BCUT2D eigenvalue weighted by Crippen LogP contribution is 2.21. The molecule has 0 saturated carbocycles. The summed E-state index contributed by atoms with van der Waals surface area (Å²) in [4.78, 5) is 11.9. The lowest BCUT2D eigenvalue weighted by Gasteiger charge is -2.22. The van der Waals surface area contributed by atoms with Crippen molar-refractivity contribution in [2.24, 2.45) is 0 Å². The van der Waals surface area contributed by atoms with E-state index in [-0.39, 0.29) is 37.5 Å². The normalized spacial score (nSPS) is 11.3. The van der Waals surface area contributed by atoms with E-state index >= 15 is 0 Å². The van der Waals surface area contributed by atoms with Crippen molar-refractivity contribution in [3.8, 4) is 0 Å². The molecule has 0 spiro atoms. The van der Waals surface area contributed by atoms with E-state index in [2.05, 4.69) is 5.32 Å². The summed E-state index contributed by atoms with van der Waals surface area (Å²) >= 11 is 0. The van der Waals surface area contributed by atoms with Crippen LogP contribution >= 0.6 is 0 Å². The molecule has 0 unspecified atom stereocenters. The molecule has 9 heteroatoms. The maximum atomic E-state index is 13.4. The Morgan fingerprint density at radius 2 is 1.81 bits per heavy atom. The van der Waals surface area contributed by atoms with E-state index in [0.29, 0.717) is 5.56 Å². The van der Waals surface area contributed by atoms with Crippen LogP contribution < -0.4 is 9.62 Å². The average Bonchev–Trinajstić information content (AvgIpc) is 2.58. The number of carbonyl (C=O) groups excluding carboxylic acids is 1. The van der Waals surface area contributed by atoms with Gasteiger partial charge in [-0.15, -0.1) is 0 Å². The van der Waals surface area contributed by atoms with E-state index in [0.717, 1.165) is 28.8 Å². The second-order valence-corrected chi connectivity index (χ2v) is 7.85. The molecule has 1 N–H and O–H groups in total. The van der Waals surface area contributed by atoms with Crippen molar-refractivity contribution >= 4 is 21.6 Å². The first-order chi connectivity index (χ1) is 12.7. The van der Waals surface area contributed by atoms with Crippen LogP contribution in [0.25, 0.3) is 0 Å². The predicted octanol–water partition coefficient (Wildman–Crippen LogP) is 2.97. The molecule has 146 valence electrons. The molecule has 0 aromatic heterocycles. The Morgan fingerprint density at radius 1 is 1.07 bits per heavy atom. The molecule has 0 atom stereocenters. The molecule has 0 heterocycles. The fourth-order valence-electron chi connectivity index (χ4n) is 2.45. The van der Waals surface area contributed by atoms with Gasteiger partial charge in [0, 0.05) is 25.6 Å². The fraction of sp³-hybridized carbons (Fsp3) is 0.278. The van der Waals surface area contributed by atoms with Gasteiger partial charge in [-0.05, 0) is 36.2 Å². The summed E-state index contributed by atoms with van der Waals surface area (Å²) in [5.74, 6) is -2.98. The average molecular weight is 400 g/mol. The third-order valence-corrected chi connectivity index (χ3v) is 4.93. The summed E-state index contributed by atoms with van der Waals surface area (Å²) in [5.41, 5.74) is 0.583. The molecule has 2 aromatic rings. The van der Waals surface area contributed by atoms with Crippen LogP contribution in [-0.4, -0.2) is 27.1 Å². The Hall–Kier alpha value is -2.55. The minimum Gasteiger partial charge on any atom is -0.352 e. The van der Waals surface area contributed by atoms with E-state index < -0.39 is 27.5 Å². The standard InChI is InChI=1S/C18H19F3N2O3S/c1-27(25,26)23(15-7-8-16(20)17(21)11-15)9-3-6-18(24)22-12-13-4-2-5-14(19)10-13/h2,4-5,7-8,10-11H,3,6,9,12H2,1H3,(H,22,24). The topological polar surface area (TPSA) is 66.5 Å². The molecule has 2 rings (SSSR count). The zero-order valence-electron chi connectivity index (χ0n) is 14.6.